The fourth-order valence-electron chi connectivity index (χ4n) is 6.77. The predicted molar refractivity (Wildman–Crippen MR) is 180 cm³/mol. The Bertz CT molecular complexity index is 2230. The Morgan fingerprint density at radius 2 is 1.24 bits per heavy atom. The molecule has 1 aromatic heterocycles. The van der Waals surface area contributed by atoms with Gasteiger partial charge in [0.15, 0.2) is 5.76 Å². The summed E-state index contributed by atoms with van der Waals surface area (Å²) in [5.41, 5.74) is 2.55. The van der Waals surface area contributed by atoms with E-state index in [0.717, 1.165) is 16.0 Å². The van der Waals surface area contributed by atoms with Crippen LogP contribution in [0.15, 0.2) is 71.3 Å². The number of hydrogen-bond donors (Lipinski definition) is 2. The van der Waals surface area contributed by atoms with Crippen molar-refractivity contribution in [1.82, 2.24) is 25.6 Å². The number of amides is 4. The molecule has 13 heteroatoms. The van der Waals surface area contributed by atoms with Crippen molar-refractivity contribution in [3.63, 3.8) is 0 Å². The minimum Gasteiger partial charge on any atom is -0.356 e. The van der Waals surface area contributed by atoms with Crippen LogP contribution in [0.4, 0.5) is 5.69 Å². The first-order valence-electron chi connectivity index (χ1n) is 15.9. The smallest absolute Gasteiger partial charge is 0.270 e. The van der Waals surface area contributed by atoms with Crippen LogP contribution in [-0.2, 0) is 0 Å². The van der Waals surface area contributed by atoms with Crippen LogP contribution in [0.25, 0.3) is 32.9 Å². The number of carbonyl (C=O) groups excluding carboxylic acids is 4. The minimum absolute atomic E-state index is 0.131. The number of hydrogen-bond acceptors (Lipinski definition) is 10. The molecule has 0 fully saturated rings. The Morgan fingerprint density at radius 3 is 1.76 bits per heavy atom. The fraction of sp³-hybridized carbons (Fsp3) is 0.250. The molecule has 0 bridgehead atoms. The summed E-state index contributed by atoms with van der Waals surface area (Å²) < 4.78 is 5.44. The van der Waals surface area contributed by atoms with Crippen molar-refractivity contribution in [2.45, 2.75) is 32.9 Å². The molecule has 0 saturated carbocycles. The van der Waals surface area contributed by atoms with Gasteiger partial charge in [-0.3, -0.25) is 39.1 Å². The van der Waals surface area contributed by atoms with Crippen LogP contribution >= 0.6 is 0 Å². The number of non-ortho nitro benzene ring substituents is 1. The molecule has 5 aromatic rings. The molecule has 0 aliphatic carbocycles. The van der Waals surface area contributed by atoms with Gasteiger partial charge < -0.3 is 15.2 Å². The van der Waals surface area contributed by atoms with Gasteiger partial charge in [0.25, 0.3) is 29.3 Å². The maximum absolute atomic E-state index is 13.8. The first-order chi connectivity index (χ1) is 23.5. The normalized spacial score (nSPS) is 15.4. The van der Waals surface area contributed by atoms with E-state index in [2.05, 4.69) is 15.8 Å². The Morgan fingerprint density at radius 1 is 0.735 bits per heavy atom. The number of nitro benzene ring substituents is 1. The van der Waals surface area contributed by atoms with Crippen LogP contribution in [0.2, 0.25) is 0 Å². The molecule has 0 spiro atoms. The van der Waals surface area contributed by atoms with E-state index < -0.39 is 28.8 Å². The lowest BCUT2D eigenvalue weighted by atomic mass is 9.91. The van der Waals surface area contributed by atoms with Crippen molar-refractivity contribution >= 4 is 50.9 Å². The van der Waals surface area contributed by atoms with Crippen LogP contribution in [0, 0.1) is 17.0 Å². The summed E-state index contributed by atoms with van der Waals surface area (Å²) in [6.07, 6.45) is 0. The van der Waals surface area contributed by atoms with E-state index >= 15 is 0 Å². The van der Waals surface area contributed by atoms with E-state index in [1.807, 2.05) is 26.0 Å². The number of rotatable bonds is 11. The fourth-order valence-corrected chi connectivity index (χ4v) is 6.77. The quantitative estimate of drug-likeness (QED) is 0.0876. The maximum atomic E-state index is 13.8. The summed E-state index contributed by atoms with van der Waals surface area (Å²) in [5.74, 6) is -1.23. The Balaban J connectivity index is 0.970. The summed E-state index contributed by atoms with van der Waals surface area (Å²) in [6, 6.07) is 17.3. The van der Waals surface area contributed by atoms with Crippen molar-refractivity contribution in [3.05, 3.63) is 105 Å². The van der Waals surface area contributed by atoms with Gasteiger partial charge in [-0.15, -0.1) is 0 Å². The number of aryl methyl sites for hydroxylation is 1. The minimum atomic E-state index is -0.574. The van der Waals surface area contributed by atoms with Gasteiger partial charge in [-0.1, -0.05) is 29.4 Å². The Hall–Kier alpha value is -5.79. The SMILES string of the molecule is Cc1cc(-c2cc3c4c(cccc4c2)C(=O)N([C@H](C)CNCCNC[C@@H](C)N2C(=O)c4cccc5cc([N+](=O)[O-])cc(c45)C2=O)C3=O)on1. The van der Waals surface area contributed by atoms with Gasteiger partial charge >= 0.3 is 0 Å². The van der Waals surface area contributed by atoms with Crippen molar-refractivity contribution < 1.29 is 28.6 Å². The van der Waals surface area contributed by atoms with Crippen LogP contribution in [-0.4, -0.2) is 81.8 Å². The average molecular weight is 661 g/mol. The van der Waals surface area contributed by atoms with E-state index in [1.165, 1.54) is 17.0 Å². The van der Waals surface area contributed by atoms with E-state index in [1.54, 1.807) is 49.4 Å². The zero-order valence-corrected chi connectivity index (χ0v) is 27.0. The first-order valence-corrected chi connectivity index (χ1v) is 15.9. The largest absolute Gasteiger partial charge is 0.356 e. The van der Waals surface area contributed by atoms with Crippen LogP contribution < -0.4 is 10.6 Å². The molecular formula is C36H32N6O7. The second kappa shape index (κ2) is 12.3. The highest BCUT2D eigenvalue weighted by atomic mass is 16.6. The molecule has 0 unspecified atom stereocenters. The van der Waals surface area contributed by atoms with Gasteiger partial charge in [0.1, 0.15) is 0 Å². The topological polar surface area (TPSA) is 168 Å². The molecule has 248 valence electrons. The molecule has 13 nitrogen and oxygen atoms in total. The third-order valence-corrected chi connectivity index (χ3v) is 9.10. The molecule has 49 heavy (non-hydrogen) atoms. The van der Waals surface area contributed by atoms with Gasteiger partial charge in [0.05, 0.1) is 16.2 Å². The number of benzene rings is 4. The van der Waals surface area contributed by atoms with Crippen molar-refractivity contribution in [1.29, 1.82) is 0 Å². The molecule has 0 saturated heterocycles. The number of nitrogens with zero attached hydrogens (tertiary/aromatic N) is 4. The lowest BCUT2D eigenvalue weighted by Crippen LogP contribution is -2.51. The average Bonchev–Trinajstić information content (AvgIpc) is 3.53. The molecular weight excluding hydrogens is 628 g/mol. The third-order valence-electron chi connectivity index (χ3n) is 9.10. The second-order valence-electron chi connectivity index (χ2n) is 12.5. The molecule has 4 aromatic carbocycles. The summed E-state index contributed by atoms with van der Waals surface area (Å²) >= 11 is 0. The summed E-state index contributed by atoms with van der Waals surface area (Å²) in [4.78, 5) is 67.5. The summed E-state index contributed by atoms with van der Waals surface area (Å²) in [6.45, 7) is 6.93. The third kappa shape index (κ3) is 5.42. The zero-order valence-electron chi connectivity index (χ0n) is 27.0. The number of imide groups is 2. The summed E-state index contributed by atoms with van der Waals surface area (Å²) in [5, 5.41) is 24.3. The summed E-state index contributed by atoms with van der Waals surface area (Å²) in [7, 11) is 0. The number of carbonyl (C=O) groups is 4. The second-order valence-corrected chi connectivity index (χ2v) is 12.5. The lowest BCUT2D eigenvalue weighted by Gasteiger charge is -2.32. The van der Waals surface area contributed by atoms with E-state index in [9.17, 15) is 29.3 Å². The number of aromatic nitrogens is 1. The van der Waals surface area contributed by atoms with E-state index in [0.29, 0.717) is 63.8 Å². The van der Waals surface area contributed by atoms with Gasteiger partial charge in [-0.25, -0.2) is 0 Å². The van der Waals surface area contributed by atoms with E-state index in [4.69, 9.17) is 4.52 Å². The molecule has 3 heterocycles. The predicted octanol–water partition coefficient (Wildman–Crippen LogP) is 4.71. The van der Waals surface area contributed by atoms with E-state index in [-0.39, 0.29) is 29.6 Å². The highest BCUT2D eigenvalue weighted by Crippen LogP contribution is 2.36. The number of nitro groups is 1. The van der Waals surface area contributed by atoms with Crippen molar-refractivity contribution in [2.75, 3.05) is 26.2 Å². The molecule has 2 aliphatic rings. The zero-order chi connectivity index (χ0) is 34.6. The highest BCUT2D eigenvalue weighted by Gasteiger charge is 2.38. The number of nitrogens with one attached hydrogen (secondary N) is 2. The van der Waals surface area contributed by atoms with Gasteiger partial charge in [-0.05, 0) is 55.8 Å². The van der Waals surface area contributed by atoms with Gasteiger partial charge in [0.2, 0.25) is 0 Å². The lowest BCUT2D eigenvalue weighted by molar-refractivity contribution is -0.384. The van der Waals surface area contributed by atoms with Crippen molar-refractivity contribution in [2.24, 2.45) is 0 Å². The van der Waals surface area contributed by atoms with Gasteiger partial charge in [0, 0.05) is 89.5 Å². The highest BCUT2D eigenvalue weighted by molar-refractivity contribution is 6.27. The molecule has 4 amide bonds. The van der Waals surface area contributed by atoms with Crippen molar-refractivity contribution in [3.8, 4) is 11.3 Å². The monoisotopic (exact) mass is 660 g/mol. The van der Waals surface area contributed by atoms with Gasteiger partial charge in [-0.2, -0.15) is 0 Å². The molecule has 7 rings (SSSR count). The standard InChI is InChI=1S/C36H32N6O7/c1-19-12-30(49-39-19)24-13-22-6-4-8-26-31(22)28(15-24)35(45)40(33(26)43)20(2)17-37-10-11-38-18-21(3)41-34(44)27-9-5-7-23-14-25(42(47)48)16-29(32(23)27)36(41)46/h4-9,12-16,20-21,37-38H,10-11,17-18H2,1-3H3/t20-,21-/m1/s1. The van der Waals surface area contributed by atoms with Crippen LogP contribution in [0.1, 0.15) is 61.0 Å². The molecule has 2 atom stereocenters. The first kappa shape index (κ1) is 31.8. The molecule has 0 radical (unpaired) electrons. The van der Waals surface area contributed by atoms with Crippen LogP contribution in [0.5, 0.6) is 0 Å². The van der Waals surface area contributed by atoms with Crippen LogP contribution in [0.3, 0.4) is 0 Å². The Labute approximate surface area is 280 Å². The molecule has 2 N–H and O–H groups in total. The maximum Gasteiger partial charge on any atom is 0.270 e. The molecule has 2 aliphatic heterocycles. The Kier molecular flexibility index (Phi) is 8.01.